The van der Waals surface area contributed by atoms with Gasteiger partial charge in [0, 0.05) is 38.4 Å². The fourth-order valence-electron chi connectivity index (χ4n) is 8.21. The third kappa shape index (κ3) is 4.21. The van der Waals surface area contributed by atoms with Crippen molar-refractivity contribution in [3.8, 4) is 0 Å². The Morgan fingerprint density at radius 1 is 0.886 bits per heavy atom. The monoisotopic (exact) mass is 478 g/mol. The van der Waals surface area contributed by atoms with Crippen LogP contribution in [0.25, 0.3) is 0 Å². The molecule has 4 amide bonds. The zero-order chi connectivity index (χ0) is 24.2. The van der Waals surface area contributed by atoms with Gasteiger partial charge in [-0.2, -0.15) is 0 Å². The Morgan fingerprint density at radius 3 is 2.14 bits per heavy atom. The van der Waals surface area contributed by atoms with Crippen LogP contribution in [-0.2, 0) is 9.59 Å². The summed E-state index contributed by atoms with van der Waals surface area (Å²) in [6.07, 6.45) is 8.76. The molecule has 2 saturated heterocycles. The van der Waals surface area contributed by atoms with Gasteiger partial charge in [0.05, 0.1) is 5.41 Å². The maximum absolute atomic E-state index is 13.9. The number of urea groups is 1. The molecule has 1 atom stereocenters. The molecule has 0 aromatic heterocycles. The Hall–Kier alpha value is -2.57. The van der Waals surface area contributed by atoms with Crippen LogP contribution in [0, 0.1) is 30.1 Å². The molecule has 7 heteroatoms. The summed E-state index contributed by atoms with van der Waals surface area (Å²) in [4.78, 5) is 45.8. The number of nitrogens with zero attached hydrogens (tertiary/aromatic N) is 3. The molecular formula is C28H38N4O3. The van der Waals surface area contributed by atoms with Crippen molar-refractivity contribution in [2.45, 2.75) is 64.3 Å². The Balaban J connectivity index is 1.07. The molecule has 4 aliphatic carbocycles. The minimum atomic E-state index is -0.317. The number of rotatable bonds is 3. The van der Waals surface area contributed by atoms with Crippen LogP contribution in [0.3, 0.4) is 0 Å². The number of carbonyl (C=O) groups is 3. The Bertz CT molecular complexity index is 980. The van der Waals surface area contributed by atoms with Crippen LogP contribution in [-0.4, -0.2) is 71.3 Å². The normalized spacial score (nSPS) is 33.8. The lowest BCUT2D eigenvalue weighted by atomic mass is 9.49. The van der Waals surface area contributed by atoms with Gasteiger partial charge in [0.2, 0.25) is 11.8 Å². The van der Waals surface area contributed by atoms with E-state index in [0.29, 0.717) is 26.2 Å². The van der Waals surface area contributed by atoms with E-state index in [2.05, 4.69) is 5.32 Å². The SMILES string of the molecule is Cc1cccc(NC(=O)N2CCN(C(=O)C3CCCN3C(=O)C34CC5CC(CC(C5)C3)C4)CC2)c1. The van der Waals surface area contributed by atoms with Gasteiger partial charge in [-0.3, -0.25) is 9.59 Å². The lowest BCUT2D eigenvalue weighted by molar-refractivity contribution is -0.162. The standard InChI is InChI=1S/C28H38N4O3/c1-19-4-2-5-23(12-19)29-27(35)31-10-8-30(9-11-31)25(33)24-6-3-7-32(24)26(34)28-16-20-13-21(17-28)15-22(14-20)18-28/h2,4-5,12,20-22,24H,3,6-11,13-18H2,1H3,(H,29,35). The molecule has 4 bridgehead atoms. The lowest BCUT2D eigenvalue weighted by Gasteiger charge is -2.56. The van der Waals surface area contributed by atoms with Crippen LogP contribution in [0.1, 0.15) is 56.9 Å². The van der Waals surface area contributed by atoms with Crippen molar-refractivity contribution >= 4 is 23.5 Å². The van der Waals surface area contributed by atoms with Crippen molar-refractivity contribution in [3.63, 3.8) is 0 Å². The minimum absolute atomic E-state index is 0.0827. The second-order valence-electron chi connectivity index (χ2n) is 12.0. The maximum Gasteiger partial charge on any atom is 0.321 e. The predicted octanol–water partition coefficient (Wildman–Crippen LogP) is 3.88. The molecule has 2 aliphatic heterocycles. The highest BCUT2D eigenvalue weighted by molar-refractivity contribution is 5.92. The van der Waals surface area contributed by atoms with Crippen molar-refractivity contribution in [2.24, 2.45) is 23.2 Å². The molecule has 1 N–H and O–H groups in total. The maximum atomic E-state index is 13.9. The van der Waals surface area contributed by atoms with Crippen molar-refractivity contribution in [3.05, 3.63) is 29.8 Å². The second kappa shape index (κ2) is 8.82. The molecule has 4 saturated carbocycles. The van der Waals surface area contributed by atoms with Gasteiger partial charge in [0.15, 0.2) is 0 Å². The van der Waals surface area contributed by atoms with Gasteiger partial charge in [0.1, 0.15) is 6.04 Å². The van der Waals surface area contributed by atoms with E-state index in [9.17, 15) is 14.4 Å². The number of benzene rings is 1. The number of piperazine rings is 1. The quantitative estimate of drug-likeness (QED) is 0.717. The fraction of sp³-hybridized carbons (Fsp3) is 0.679. The van der Waals surface area contributed by atoms with Crippen LogP contribution < -0.4 is 5.32 Å². The number of nitrogens with one attached hydrogen (secondary N) is 1. The van der Waals surface area contributed by atoms with E-state index in [-0.39, 0.29) is 29.3 Å². The Morgan fingerprint density at radius 2 is 1.51 bits per heavy atom. The van der Waals surface area contributed by atoms with Crippen molar-refractivity contribution in [1.82, 2.24) is 14.7 Å². The van der Waals surface area contributed by atoms with Crippen molar-refractivity contribution in [2.75, 3.05) is 38.0 Å². The highest BCUT2D eigenvalue weighted by Crippen LogP contribution is 2.60. The van der Waals surface area contributed by atoms with Crippen molar-refractivity contribution in [1.29, 1.82) is 0 Å². The number of hydrogen-bond acceptors (Lipinski definition) is 3. The number of carbonyl (C=O) groups excluding carboxylic acids is 3. The smallest absolute Gasteiger partial charge is 0.321 e. The number of anilines is 1. The van der Waals surface area contributed by atoms with Crippen molar-refractivity contribution < 1.29 is 14.4 Å². The minimum Gasteiger partial charge on any atom is -0.337 e. The first kappa shape index (κ1) is 22.9. The summed E-state index contributed by atoms with van der Waals surface area (Å²) in [5.74, 6) is 2.53. The van der Waals surface area contributed by atoms with E-state index in [4.69, 9.17) is 0 Å². The summed E-state index contributed by atoms with van der Waals surface area (Å²) in [5.41, 5.74) is 1.70. The summed E-state index contributed by atoms with van der Waals surface area (Å²) < 4.78 is 0. The van der Waals surface area contributed by atoms with Crippen LogP contribution in [0.2, 0.25) is 0 Å². The number of hydrogen-bond donors (Lipinski definition) is 1. The van der Waals surface area contributed by atoms with E-state index in [1.54, 1.807) is 4.90 Å². The molecule has 1 aromatic rings. The summed E-state index contributed by atoms with van der Waals surface area (Å²) >= 11 is 0. The summed E-state index contributed by atoms with van der Waals surface area (Å²) in [5, 5.41) is 2.97. The molecule has 7 rings (SSSR count). The molecule has 0 spiro atoms. The lowest BCUT2D eigenvalue weighted by Crippen LogP contribution is -2.59. The number of amides is 4. The molecule has 1 aromatic carbocycles. The fourth-order valence-corrected chi connectivity index (χ4v) is 8.21. The average molecular weight is 479 g/mol. The summed E-state index contributed by atoms with van der Waals surface area (Å²) in [6, 6.07) is 7.33. The molecule has 2 heterocycles. The third-order valence-corrected chi connectivity index (χ3v) is 9.44. The van der Waals surface area contributed by atoms with Gasteiger partial charge in [-0.05, 0) is 93.7 Å². The molecule has 6 fully saturated rings. The van der Waals surface area contributed by atoms with E-state index in [1.165, 1.54) is 19.3 Å². The van der Waals surface area contributed by atoms with E-state index in [0.717, 1.165) is 67.7 Å². The Kier molecular flexibility index (Phi) is 5.76. The van der Waals surface area contributed by atoms with Crippen LogP contribution in [0.5, 0.6) is 0 Å². The topological polar surface area (TPSA) is 73.0 Å². The van der Waals surface area contributed by atoms with E-state index >= 15 is 0 Å². The van der Waals surface area contributed by atoms with Gasteiger partial charge in [-0.15, -0.1) is 0 Å². The first-order valence-electron chi connectivity index (χ1n) is 13.6. The third-order valence-electron chi connectivity index (χ3n) is 9.44. The van der Waals surface area contributed by atoms with Gasteiger partial charge < -0.3 is 20.0 Å². The second-order valence-corrected chi connectivity index (χ2v) is 12.0. The molecule has 1 unspecified atom stereocenters. The highest BCUT2D eigenvalue weighted by Gasteiger charge is 2.57. The van der Waals surface area contributed by atoms with Gasteiger partial charge in [-0.25, -0.2) is 4.79 Å². The summed E-state index contributed by atoms with van der Waals surface area (Å²) in [6.45, 7) is 4.79. The van der Waals surface area contributed by atoms with Gasteiger partial charge >= 0.3 is 6.03 Å². The van der Waals surface area contributed by atoms with Crippen LogP contribution in [0.15, 0.2) is 24.3 Å². The molecule has 0 radical (unpaired) electrons. The molecule has 7 nitrogen and oxygen atoms in total. The van der Waals surface area contributed by atoms with Crippen LogP contribution in [0.4, 0.5) is 10.5 Å². The highest BCUT2D eigenvalue weighted by atomic mass is 16.2. The molecule has 188 valence electrons. The molecule has 35 heavy (non-hydrogen) atoms. The number of likely N-dealkylation sites (tertiary alicyclic amines) is 1. The molecule has 6 aliphatic rings. The summed E-state index contributed by atoms with van der Waals surface area (Å²) in [7, 11) is 0. The predicted molar refractivity (Wildman–Crippen MR) is 134 cm³/mol. The van der Waals surface area contributed by atoms with Gasteiger partial charge in [0.25, 0.3) is 0 Å². The first-order valence-corrected chi connectivity index (χ1v) is 13.6. The zero-order valence-corrected chi connectivity index (χ0v) is 20.9. The van der Waals surface area contributed by atoms with E-state index < -0.39 is 0 Å². The largest absolute Gasteiger partial charge is 0.337 e. The number of aryl methyl sites for hydroxylation is 1. The zero-order valence-electron chi connectivity index (χ0n) is 20.9. The average Bonchev–Trinajstić information content (AvgIpc) is 3.32. The van der Waals surface area contributed by atoms with E-state index in [1.807, 2.05) is 41.0 Å². The Labute approximate surface area is 208 Å². The van der Waals surface area contributed by atoms with Gasteiger partial charge in [-0.1, -0.05) is 12.1 Å². The molecular weight excluding hydrogens is 440 g/mol. The van der Waals surface area contributed by atoms with Crippen LogP contribution >= 0.6 is 0 Å². The first-order chi connectivity index (χ1) is 16.9.